The standard InChI is InChI=1S/C15H15ClFN3O/c1-18-14-12(16)8-11(9-20-14)15(21)19-7-6-10-4-2-3-5-13(10)17/h2-5,8-9H,6-7H2,1H3,(H,18,20)(H,19,21). The molecule has 4 nitrogen and oxygen atoms in total. The molecular formula is C15H15ClFN3O. The van der Waals surface area contributed by atoms with Gasteiger partial charge in [-0.15, -0.1) is 0 Å². The molecule has 21 heavy (non-hydrogen) atoms. The van der Waals surface area contributed by atoms with Crippen LogP contribution in [0.2, 0.25) is 5.02 Å². The van der Waals surface area contributed by atoms with Crippen molar-refractivity contribution in [2.24, 2.45) is 0 Å². The third kappa shape index (κ3) is 3.92. The van der Waals surface area contributed by atoms with Gasteiger partial charge in [-0.2, -0.15) is 0 Å². The van der Waals surface area contributed by atoms with E-state index in [2.05, 4.69) is 15.6 Å². The number of halogens is 2. The minimum absolute atomic E-state index is 0.269. The lowest BCUT2D eigenvalue weighted by atomic mass is 10.1. The highest BCUT2D eigenvalue weighted by molar-refractivity contribution is 6.33. The molecule has 0 aliphatic carbocycles. The zero-order valence-electron chi connectivity index (χ0n) is 11.5. The zero-order valence-corrected chi connectivity index (χ0v) is 12.2. The van der Waals surface area contributed by atoms with Gasteiger partial charge in [0.1, 0.15) is 11.6 Å². The Labute approximate surface area is 127 Å². The van der Waals surface area contributed by atoms with Crippen molar-refractivity contribution in [2.45, 2.75) is 6.42 Å². The summed E-state index contributed by atoms with van der Waals surface area (Å²) in [7, 11) is 1.70. The van der Waals surface area contributed by atoms with Crippen LogP contribution in [0.1, 0.15) is 15.9 Å². The van der Waals surface area contributed by atoms with Crippen molar-refractivity contribution in [3.05, 3.63) is 58.5 Å². The SMILES string of the molecule is CNc1ncc(C(=O)NCCc2ccccc2F)cc1Cl. The molecule has 0 atom stereocenters. The van der Waals surface area contributed by atoms with E-state index in [0.29, 0.717) is 34.9 Å². The molecule has 0 radical (unpaired) electrons. The van der Waals surface area contributed by atoms with Crippen LogP contribution in [0.4, 0.5) is 10.2 Å². The van der Waals surface area contributed by atoms with Gasteiger partial charge >= 0.3 is 0 Å². The number of carbonyl (C=O) groups excluding carboxylic acids is 1. The van der Waals surface area contributed by atoms with Crippen molar-refractivity contribution < 1.29 is 9.18 Å². The fraction of sp³-hybridized carbons (Fsp3) is 0.200. The molecule has 0 saturated heterocycles. The first-order valence-electron chi connectivity index (χ1n) is 6.46. The Kier molecular flexibility index (Phi) is 5.11. The molecule has 1 aromatic carbocycles. The Morgan fingerprint density at radius 2 is 2.14 bits per heavy atom. The van der Waals surface area contributed by atoms with Crippen LogP contribution in [-0.4, -0.2) is 24.5 Å². The number of hydrogen-bond donors (Lipinski definition) is 2. The molecule has 0 fully saturated rings. The molecule has 0 unspecified atom stereocenters. The van der Waals surface area contributed by atoms with Crippen LogP contribution in [-0.2, 0) is 6.42 Å². The summed E-state index contributed by atoms with van der Waals surface area (Å²) in [5, 5.41) is 5.90. The van der Waals surface area contributed by atoms with Crippen molar-refractivity contribution in [3.8, 4) is 0 Å². The normalized spacial score (nSPS) is 10.2. The molecule has 1 heterocycles. The number of nitrogens with zero attached hydrogens (tertiary/aromatic N) is 1. The fourth-order valence-corrected chi connectivity index (χ4v) is 2.12. The van der Waals surface area contributed by atoms with Crippen molar-refractivity contribution in [1.29, 1.82) is 0 Å². The average molecular weight is 308 g/mol. The maximum absolute atomic E-state index is 13.4. The monoisotopic (exact) mass is 307 g/mol. The minimum atomic E-state index is -0.289. The summed E-state index contributed by atoms with van der Waals surface area (Å²) in [6.07, 6.45) is 1.87. The first-order valence-corrected chi connectivity index (χ1v) is 6.84. The number of rotatable bonds is 5. The zero-order chi connectivity index (χ0) is 15.2. The molecule has 0 spiro atoms. The maximum Gasteiger partial charge on any atom is 0.252 e. The van der Waals surface area contributed by atoms with Crippen LogP contribution < -0.4 is 10.6 Å². The van der Waals surface area contributed by atoms with Gasteiger partial charge in [-0.25, -0.2) is 9.37 Å². The van der Waals surface area contributed by atoms with Gasteiger partial charge in [-0.1, -0.05) is 29.8 Å². The lowest BCUT2D eigenvalue weighted by molar-refractivity contribution is 0.0953. The van der Waals surface area contributed by atoms with E-state index in [9.17, 15) is 9.18 Å². The molecular weight excluding hydrogens is 293 g/mol. The number of nitrogens with one attached hydrogen (secondary N) is 2. The number of hydrogen-bond acceptors (Lipinski definition) is 3. The van der Waals surface area contributed by atoms with Gasteiger partial charge in [0.15, 0.2) is 0 Å². The second-order valence-corrected chi connectivity index (χ2v) is 4.81. The summed E-state index contributed by atoms with van der Waals surface area (Å²) in [5.74, 6) is -0.0437. The highest BCUT2D eigenvalue weighted by atomic mass is 35.5. The highest BCUT2D eigenvalue weighted by Crippen LogP contribution is 2.19. The van der Waals surface area contributed by atoms with Gasteiger partial charge in [-0.3, -0.25) is 4.79 Å². The highest BCUT2D eigenvalue weighted by Gasteiger charge is 2.09. The Morgan fingerprint density at radius 3 is 2.81 bits per heavy atom. The summed E-state index contributed by atoms with van der Waals surface area (Å²) in [6, 6.07) is 8.03. The second-order valence-electron chi connectivity index (χ2n) is 4.40. The number of aromatic nitrogens is 1. The molecule has 2 aromatic rings. The summed E-state index contributed by atoms with van der Waals surface area (Å²) in [6.45, 7) is 0.338. The number of amides is 1. The smallest absolute Gasteiger partial charge is 0.252 e. The van der Waals surface area contributed by atoms with E-state index in [0.717, 1.165) is 0 Å². The Bertz CT molecular complexity index is 649. The van der Waals surface area contributed by atoms with Crippen LogP contribution in [0.25, 0.3) is 0 Å². The maximum atomic E-state index is 13.4. The van der Waals surface area contributed by atoms with E-state index in [1.54, 1.807) is 31.3 Å². The molecule has 1 aromatic heterocycles. The van der Waals surface area contributed by atoms with E-state index in [1.807, 2.05) is 0 Å². The van der Waals surface area contributed by atoms with Crippen LogP contribution in [0.3, 0.4) is 0 Å². The third-order valence-corrected chi connectivity index (χ3v) is 3.27. The summed E-state index contributed by atoms with van der Waals surface area (Å²) in [4.78, 5) is 16.0. The molecule has 2 N–H and O–H groups in total. The van der Waals surface area contributed by atoms with Crippen molar-refractivity contribution >= 4 is 23.3 Å². The largest absolute Gasteiger partial charge is 0.372 e. The third-order valence-electron chi connectivity index (χ3n) is 2.98. The molecule has 110 valence electrons. The molecule has 0 saturated carbocycles. The minimum Gasteiger partial charge on any atom is -0.372 e. The molecule has 0 aliphatic rings. The van der Waals surface area contributed by atoms with Crippen LogP contribution in [0.5, 0.6) is 0 Å². The lowest BCUT2D eigenvalue weighted by Gasteiger charge is -2.07. The summed E-state index contributed by atoms with van der Waals surface area (Å²) in [5.41, 5.74) is 0.937. The van der Waals surface area contributed by atoms with Gasteiger partial charge in [0, 0.05) is 19.8 Å². The van der Waals surface area contributed by atoms with Crippen molar-refractivity contribution in [2.75, 3.05) is 18.9 Å². The summed E-state index contributed by atoms with van der Waals surface area (Å²) >= 11 is 5.97. The van der Waals surface area contributed by atoms with E-state index >= 15 is 0 Å². The van der Waals surface area contributed by atoms with E-state index in [4.69, 9.17) is 11.6 Å². The van der Waals surface area contributed by atoms with Gasteiger partial charge in [0.25, 0.3) is 5.91 Å². The van der Waals surface area contributed by atoms with Gasteiger partial charge in [0.05, 0.1) is 10.6 Å². The van der Waals surface area contributed by atoms with Gasteiger partial charge in [-0.05, 0) is 24.1 Å². The van der Waals surface area contributed by atoms with E-state index < -0.39 is 0 Å². The molecule has 6 heteroatoms. The predicted octanol–water partition coefficient (Wildman–Crippen LogP) is 2.89. The molecule has 0 bridgehead atoms. The van der Waals surface area contributed by atoms with Gasteiger partial charge in [0.2, 0.25) is 0 Å². The first kappa shape index (κ1) is 15.3. The van der Waals surface area contributed by atoms with E-state index in [1.165, 1.54) is 12.3 Å². The van der Waals surface area contributed by atoms with Crippen LogP contribution >= 0.6 is 11.6 Å². The Balaban J connectivity index is 1.93. The second kappa shape index (κ2) is 7.04. The first-order chi connectivity index (χ1) is 10.1. The molecule has 1 amide bonds. The van der Waals surface area contributed by atoms with Crippen LogP contribution in [0, 0.1) is 5.82 Å². The molecule has 2 rings (SSSR count). The number of carbonyl (C=O) groups is 1. The van der Waals surface area contributed by atoms with Crippen molar-refractivity contribution in [3.63, 3.8) is 0 Å². The molecule has 0 aliphatic heterocycles. The topological polar surface area (TPSA) is 54.0 Å². The summed E-state index contributed by atoms with van der Waals surface area (Å²) < 4.78 is 13.4. The fourth-order valence-electron chi connectivity index (χ4n) is 1.86. The van der Waals surface area contributed by atoms with Crippen LogP contribution in [0.15, 0.2) is 36.5 Å². The number of pyridine rings is 1. The lowest BCUT2D eigenvalue weighted by Crippen LogP contribution is -2.26. The quantitative estimate of drug-likeness (QED) is 0.893. The van der Waals surface area contributed by atoms with E-state index in [-0.39, 0.29) is 11.7 Å². The number of anilines is 1. The van der Waals surface area contributed by atoms with Crippen molar-refractivity contribution in [1.82, 2.24) is 10.3 Å². The predicted molar refractivity (Wildman–Crippen MR) is 81.2 cm³/mol. The van der Waals surface area contributed by atoms with Gasteiger partial charge < -0.3 is 10.6 Å². The number of benzene rings is 1. The Hall–Kier alpha value is -2.14. The Morgan fingerprint density at radius 1 is 1.38 bits per heavy atom. The average Bonchev–Trinajstić information content (AvgIpc) is 2.49.